The third-order valence-electron chi connectivity index (χ3n) is 2.89. The predicted molar refractivity (Wildman–Crippen MR) is 57.8 cm³/mol. The zero-order valence-electron chi connectivity index (χ0n) is 9.63. The molecule has 1 heterocycles. The van der Waals surface area contributed by atoms with Crippen LogP contribution in [0, 0.1) is 5.92 Å². The highest BCUT2D eigenvalue weighted by Gasteiger charge is 2.50. The van der Waals surface area contributed by atoms with Crippen LogP contribution >= 0.6 is 0 Å². The van der Waals surface area contributed by atoms with E-state index in [0.29, 0.717) is 17.1 Å². The van der Waals surface area contributed by atoms with E-state index in [4.69, 9.17) is 0 Å². The summed E-state index contributed by atoms with van der Waals surface area (Å²) in [7, 11) is -5.13. The molecule has 0 aliphatic carbocycles. The van der Waals surface area contributed by atoms with Gasteiger partial charge in [-0.05, 0) is 31.8 Å². The van der Waals surface area contributed by atoms with E-state index in [0.717, 1.165) is 13.1 Å². The molecule has 1 rings (SSSR count). The summed E-state index contributed by atoms with van der Waals surface area (Å²) in [5.74, 6) is 0.259. The summed E-state index contributed by atoms with van der Waals surface area (Å²) in [5.41, 5.74) is -5.18. The van der Waals surface area contributed by atoms with Crippen LogP contribution < -0.4 is 5.32 Å². The van der Waals surface area contributed by atoms with Crippen LogP contribution in [0.25, 0.3) is 0 Å². The van der Waals surface area contributed by atoms with Crippen molar-refractivity contribution in [3.63, 3.8) is 0 Å². The maximum absolute atomic E-state index is 12.3. The third kappa shape index (κ3) is 3.56. The molecule has 0 atom stereocenters. The number of hydrogen-bond donors (Lipinski definition) is 1. The molecule has 1 aliphatic heterocycles. The quantitative estimate of drug-likeness (QED) is 0.837. The standard InChI is InChI=1S/C9H17F3N2O2S/c1-2-13-7-8-3-5-14(6-4-8)17(15,16)9(10,11)12/h8,13H,2-7H2,1H3. The van der Waals surface area contributed by atoms with E-state index in [1.165, 1.54) is 0 Å². The van der Waals surface area contributed by atoms with Crippen molar-refractivity contribution in [3.05, 3.63) is 0 Å². The smallest absolute Gasteiger partial charge is 0.317 e. The van der Waals surface area contributed by atoms with Gasteiger partial charge in [0.1, 0.15) is 0 Å². The summed E-state index contributed by atoms with van der Waals surface area (Å²) in [5, 5.41) is 3.11. The lowest BCUT2D eigenvalue weighted by molar-refractivity contribution is -0.0496. The fourth-order valence-corrected chi connectivity index (χ4v) is 2.83. The molecular weight excluding hydrogens is 257 g/mol. The van der Waals surface area contributed by atoms with Crippen LogP contribution in [-0.4, -0.2) is 44.4 Å². The first kappa shape index (κ1) is 14.7. The minimum Gasteiger partial charge on any atom is -0.317 e. The number of piperidine rings is 1. The summed E-state index contributed by atoms with van der Waals surface area (Å²) in [6.07, 6.45) is 0.949. The minimum atomic E-state index is -5.18. The van der Waals surface area contributed by atoms with E-state index >= 15 is 0 Å². The molecule has 0 aromatic carbocycles. The first-order valence-electron chi connectivity index (χ1n) is 5.56. The number of rotatable bonds is 4. The molecule has 8 heteroatoms. The maximum Gasteiger partial charge on any atom is 0.511 e. The molecule has 0 spiro atoms. The van der Waals surface area contributed by atoms with E-state index in [2.05, 4.69) is 5.32 Å². The van der Waals surface area contributed by atoms with Gasteiger partial charge in [-0.2, -0.15) is 17.5 Å². The average Bonchev–Trinajstić information content (AvgIpc) is 2.25. The Hall–Kier alpha value is -0.340. The van der Waals surface area contributed by atoms with Gasteiger partial charge in [0.05, 0.1) is 0 Å². The average molecular weight is 274 g/mol. The van der Waals surface area contributed by atoms with E-state index in [-0.39, 0.29) is 19.0 Å². The lowest BCUT2D eigenvalue weighted by Crippen LogP contribution is -2.46. The number of nitrogens with zero attached hydrogens (tertiary/aromatic N) is 1. The van der Waals surface area contributed by atoms with E-state index in [1.54, 1.807) is 0 Å². The van der Waals surface area contributed by atoms with Gasteiger partial charge in [0.2, 0.25) is 0 Å². The van der Waals surface area contributed by atoms with Crippen LogP contribution in [0.1, 0.15) is 19.8 Å². The Morgan fingerprint density at radius 3 is 2.24 bits per heavy atom. The molecule has 1 fully saturated rings. The second kappa shape index (κ2) is 5.53. The molecule has 17 heavy (non-hydrogen) atoms. The van der Waals surface area contributed by atoms with Crippen molar-refractivity contribution < 1.29 is 21.6 Å². The molecule has 1 N–H and O–H groups in total. The van der Waals surface area contributed by atoms with Gasteiger partial charge in [-0.15, -0.1) is 0 Å². The van der Waals surface area contributed by atoms with Gasteiger partial charge in [0.25, 0.3) is 0 Å². The molecule has 4 nitrogen and oxygen atoms in total. The second-order valence-electron chi connectivity index (χ2n) is 4.10. The van der Waals surface area contributed by atoms with E-state index in [1.807, 2.05) is 6.92 Å². The molecular formula is C9H17F3N2O2S. The van der Waals surface area contributed by atoms with Gasteiger partial charge in [-0.1, -0.05) is 6.92 Å². The summed E-state index contributed by atoms with van der Waals surface area (Å²) in [6.45, 7) is 3.40. The zero-order valence-corrected chi connectivity index (χ0v) is 10.4. The zero-order chi connectivity index (χ0) is 13.1. The minimum absolute atomic E-state index is 0.0437. The fraction of sp³-hybridized carbons (Fsp3) is 1.00. The Labute approximate surface area is 99.2 Å². The number of halogens is 3. The molecule has 0 bridgehead atoms. The van der Waals surface area contributed by atoms with Crippen LogP contribution in [0.2, 0.25) is 0 Å². The molecule has 0 aromatic rings. The lowest BCUT2D eigenvalue weighted by Gasteiger charge is -2.31. The number of sulfonamides is 1. The van der Waals surface area contributed by atoms with Crippen molar-refractivity contribution in [3.8, 4) is 0 Å². The van der Waals surface area contributed by atoms with Crippen LogP contribution in [0.15, 0.2) is 0 Å². The van der Waals surface area contributed by atoms with Crippen molar-refractivity contribution in [1.29, 1.82) is 0 Å². The Morgan fingerprint density at radius 1 is 1.29 bits per heavy atom. The largest absolute Gasteiger partial charge is 0.511 e. The van der Waals surface area contributed by atoms with Crippen LogP contribution in [-0.2, 0) is 10.0 Å². The lowest BCUT2D eigenvalue weighted by atomic mass is 9.98. The fourth-order valence-electron chi connectivity index (χ4n) is 1.85. The van der Waals surface area contributed by atoms with E-state index < -0.39 is 15.5 Å². The summed E-state index contributed by atoms with van der Waals surface area (Å²) in [4.78, 5) is 0. The Morgan fingerprint density at radius 2 is 1.82 bits per heavy atom. The topological polar surface area (TPSA) is 49.4 Å². The van der Waals surface area contributed by atoms with Gasteiger partial charge in [-0.3, -0.25) is 0 Å². The van der Waals surface area contributed by atoms with Gasteiger partial charge in [0, 0.05) is 13.1 Å². The first-order valence-corrected chi connectivity index (χ1v) is 7.00. The number of nitrogens with one attached hydrogen (secondary N) is 1. The van der Waals surface area contributed by atoms with Gasteiger partial charge >= 0.3 is 15.5 Å². The highest BCUT2D eigenvalue weighted by Crippen LogP contribution is 2.29. The first-order chi connectivity index (χ1) is 7.79. The molecule has 0 saturated carbocycles. The SMILES string of the molecule is CCNCC1CCN(S(=O)(=O)C(F)(F)F)CC1. The summed E-state index contributed by atoms with van der Waals surface area (Å²) in [6, 6.07) is 0. The van der Waals surface area contributed by atoms with Gasteiger partial charge < -0.3 is 5.32 Å². The Balaban J connectivity index is 2.53. The number of hydrogen-bond acceptors (Lipinski definition) is 3. The highest BCUT2D eigenvalue weighted by molar-refractivity contribution is 7.90. The van der Waals surface area contributed by atoms with Crippen molar-refractivity contribution in [2.45, 2.75) is 25.3 Å². The van der Waals surface area contributed by atoms with Crippen molar-refractivity contribution >= 4 is 10.0 Å². The van der Waals surface area contributed by atoms with Crippen LogP contribution in [0.4, 0.5) is 13.2 Å². The van der Waals surface area contributed by atoms with Crippen LogP contribution in [0.5, 0.6) is 0 Å². The Kier molecular flexibility index (Phi) is 4.79. The third-order valence-corrected chi connectivity index (χ3v) is 4.52. The predicted octanol–water partition coefficient (Wildman–Crippen LogP) is 1.16. The summed E-state index contributed by atoms with van der Waals surface area (Å²) < 4.78 is 59.6. The molecule has 0 unspecified atom stereocenters. The second-order valence-corrected chi connectivity index (χ2v) is 6.03. The highest BCUT2D eigenvalue weighted by atomic mass is 32.2. The van der Waals surface area contributed by atoms with Gasteiger partial charge in [-0.25, -0.2) is 8.42 Å². The van der Waals surface area contributed by atoms with Crippen LogP contribution in [0.3, 0.4) is 0 Å². The summed E-state index contributed by atoms with van der Waals surface area (Å²) >= 11 is 0. The molecule has 0 amide bonds. The molecule has 0 aromatic heterocycles. The molecule has 1 aliphatic rings. The van der Waals surface area contributed by atoms with E-state index in [9.17, 15) is 21.6 Å². The molecule has 0 radical (unpaired) electrons. The monoisotopic (exact) mass is 274 g/mol. The molecule has 1 saturated heterocycles. The normalized spacial score (nSPS) is 20.7. The van der Waals surface area contributed by atoms with Gasteiger partial charge in [0.15, 0.2) is 0 Å². The Bertz CT molecular complexity index is 335. The van der Waals surface area contributed by atoms with Crippen molar-refractivity contribution in [2.24, 2.45) is 5.92 Å². The maximum atomic E-state index is 12.3. The number of alkyl halides is 3. The molecule has 102 valence electrons. The van der Waals surface area contributed by atoms with Crippen molar-refractivity contribution in [2.75, 3.05) is 26.2 Å². The van der Waals surface area contributed by atoms with Crippen molar-refractivity contribution in [1.82, 2.24) is 9.62 Å².